The summed E-state index contributed by atoms with van der Waals surface area (Å²) in [6.45, 7) is 18.6. The predicted molar refractivity (Wildman–Crippen MR) is 101 cm³/mol. The van der Waals surface area contributed by atoms with Gasteiger partial charge >= 0.3 is 6.09 Å². The second kappa shape index (κ2) is 6.44. The molecule has 2 aliphatic heterocycles. The van der Waals surface area contributed by atoms with Gasteiger partial charge in [-0.05, 0) is 40.2 Å². The molecule has 0 aliphatic carbocycles. The van der Waals surface area contributed by atoms with E-state index >= 15 is 0 Å². The average molecular weight is 353 g/mol. The zero-order valence-electron chi connectivity index (χ0n) is 16.2. The van der Waals surface area contributed by atoms with Crippen molar-refractivity contribution in [2.75, 3.05) is 13.1 Å². The first-order chi connectivity index (χ1) is 12.1. The van der Waals surface area contributed by atoms with Gasteiger partial charge in [-0.25, -0.2) is 9.64 Å². The minimum atomic E-state index is -0.521. The molecule has 2 atom stereocenters. The van der Waals surface area contributed by atoms with Gasteiger partial charge in [0, 0.05) is 24.7 Å². The van der Waals surface area contributed by atoms with Crippen molar-refractivity contribution in [3.8, 4) is 0 Å². The van der Waals surface area contributed by atoms with Gasteiger partial charge in [0.1, 0.15) is 5.60 Å². The molecule has 3 rings (SSSR count). The van der Waals surface area contributed by atoms with Crippen LogP contribution in [0.2, 0.25) is 0 Å². The van der Waals surface area contributed by atoms with E-state index in [4.69, 9.17) is 11.3 Å². The summed E-state index contributed by atoms with van der Waals surface area (Å²) in [5.41, 5.74) is 1.18. The molecule has 0 radical (unpaired) electrons. The SMILES string of the molecule is [C-]#[N+]C1=CC2CN(C(=O)OC(C)(C)C)CC1N2C(C)(C)c1ccccc1. The van der Waals surface area contributed by atoms with Crippen molar-refractivity contribution < 1.29 is 9.53 Å². The predicted octanol–water partition coefficient (Wildman–Crippen LogP) is 4.03. The molecule has 2 aliphatic rings. The minimum Gasteiger partial charge on any atom is -0.444 e. The minimum absolute atomic E-state index is 0.0144. The number of fused-ring (bicyclic) bond motifs is 2. The van der Waals surface area contributed by atoms with Crippen LogP contribution in [0, 0.1) is 6.57 Å². The number of piperazine rings is 1. The van der Waals surface area contributed by atoms with Crippen molar-refractivity contribution in [3.63, 3.8) is 0 Å². The maximum absolute atomic E-state index is 12.5. The Bertz CT molecular complexity index is 756. The number of ether oxygens (including phenoxy) is 1. The molecule has 0 saturated carbocycles. The first kappa shape index (κ1) is 18.5. The Kier molecular flexibility index (Phi) is 4.58. The van der Waals surface area contributed by atoms with E-state index in [1.54, 1.807) is 4.90 Å². The van der Waals surface area contributed by atoms with Crippen LogP contribution in [-0.4, -0.2) is 46.7 Å². The quantitative estimate of drug-likeness (QED) is 0.754. The van der Waals surface area contributed by atoms with E-state index in [0.717, 1.165) is 5.70 Å². The number of hydrogen-bond donors (Lipinski definition) is 0. The number of rotatable bonds is 2. The largest absolute Gasteiger partial charge is 0.444 e. The lowest BCUT2D eigenvalue weighted by Crippen LogP contribution is -2.61. The van der Waals surface area contributed by atoms with Crippen LogP contribution < -0.4 is 0 Å². The second-order valence-corrected chi connectivity index (χ2v) is 8.50. The number of benzene rings is 1. The number of nitrogens with zero attached hydrogens (tertiary/aromatic N) is 3. The summed E-state index contributed by atoms with van der Waals surface area (Å²) in [6.07, 6.45) is 1.72. The van der Waals surface area contributed by atoms with Crippen LogP contribution >= 0.6 is 0 Å². The zero-order chi connectivity index (χ0) is 19.1. The zero-order valence-corrected chi connectivity index (χ0v) is 16.2. The van der Waals surface area contributed by atoms with Gasteiger partial charge in [0.2, 0.25) is 0 Å². The average Bonchev–Trinajstić information content (AvgIpc) is 2.81. The molecule has 1 saturated heterocycles. The van der Waals surface area contributed by atoms with Gasteiger partial charge in [0.25, 0.3) is 0 Å². The smallest absolute Gasteiger partial charge is 0.410 e. The van der Waals surface area contributed by atoms with E-state index in [9.17, 15) is 4.79 Å². The van der Waals surface area contributed by atoms with Gasteiger partial charge < -0.3 is 9.64 Å². The van der Waals surface area contributed by atoms with Gasteiger partial charge in [-0.3, -0.25) is 4.90 Å². The molecule has 0 spiro atoms. The van der Waals surface area contributed by atoms with Crippen LogP contribution in [0.5, 0.6) is 0 Å². The molecule has 1 aromatic rings. The third-order valence-electron chi connectivity index (χ3n) is 5.10. The maximum atomic E-state index is 12.5. The lowest BCUT2D eigenvalue weighted by atomic mass is 9.89. The molecule has 26 heavy (non-hydrogen) atoms. The highest BCUT2D eigenvalue weighted by atomic mass is 16.6. The van der Waals surface area contributed by atoms with Gasteiger partial charge in [-0.1, -0.05) is 36.4 Å². The fourth-order valence-electron chi connectivity index (χ4n) is 3.98. The topological polar surface area (TPSA) is 37.1 Å². The summed E-state index contributed by atoms with van der Waals surface area (Å²) in [4.78, 5) is 20.4. The van der Waals surface area contributed by atoms with Gasteiger partial charge in [0.15, 0.2) is 5.70 Å². The molecular formula is C21H27N3O2. The molecule has 0 aromatic heterocycles. The highest BCUT2D eigenvalue weighted by molar-refractivity contribution is 5.69. The highest BCUT2D eigenvalue weighted by Crippen LogP contribution is 2.41. The Morgan fingerprint density at radius 1 is 1.15 bits per heavy atom. The van der Waals surface area contributed by atoms with Crippen LogP contribution in [0.15, 0.2) is 42.1 Å². The monoisotopic (exact) mass is 353 g/mol. The van der Waals surface area contributed by atoms with Crippen LogP contribution in [0.4, 0.5) is 4.79 Å². The summed E-state index contributed by atoms with van der Waals surface area (Å²) >= 11 is 0. The molecule has 2 unspecified atom stereocenters. The van der Waals surface area contributed by atoms with Crippen molar-refractivity contribution in [1.82, 2.24) is 9.80 Å². The summed E-state index contributed by atoms with van der Waals surface area (Å²) in [5.74, 6) is 0. The molecule has 1 fully saturated rings. The molecule has 2 heterocycles. The molecule has 5 nitrogen and oxygen atoms in total. The Labute approximate surface area is 156 Å². The summed E-state index contributed by atoms with van der Waals surface area (Å²) in [6, 6.07) is 10.2. The molecule has 1 amide bonds. The summed E-state index contributed by atoms with van der Waals surface area (Å²) in [7, 11) is 0. The van der Waals surface area contributed by atoms with E-state index < -0.39 is 5.60 Å². The van der Waals surface area contributed by atoms with Crippen LogP contribution in [0.25, 0.3) is 4.85 Å². The van der Waals surface area contributed by atoms with Gasteiger partial charge in [0.05, 0.1) is 12.6 Å². The van der Waals surface area contributed by atoms with Crippen molar-refractivity contribution in [2.24, 2.45) is 0 Å². The van der Waals surface area contributed by atoms with E-state index in [1.807, 2.05) is 45.0 Å². The normalized spacial score (nSPS) is 23.4. The Morgan fingerprint density at radius 3 is 2.38 bits per heavy atom. The van der Waals surface area contributed by atoms with Crippen molar-refractivity contribution in [1.29, 1.82) is 0 Å². The Hall–Kier alpha value is -2.32. The first-order valence-corrected chi connectivity index (χ1v) is 9.04. The van der Waals surface area contributed by atoms with Gasteiger partial charge in [-0.2, -0.15) is 0 Å². The van der Waals surface area contributed by atoms with Crippen LogP contribution in [0.1, 0.15) is 40.2 Å². The van der Waals surface area contributed by atoms with Gasteiger partial charge in [-0.15, -0.1) is 0 Å². The molecular weight excluding hydrogens is 326 g/mol. The fourth-order valence-corrected chi connectivity index (χ4v) is 3.98. The van der Waals surface area contributed by atoms with Crippen LogP contribution in [0.3, 0.4) is 0 Å². The van der Waals surface area contributed by atoms with Crippen molar-refractivity contribution >= 4 is 6.09 Å². The number of carbonyl (C=O) groups excluding carboxylic acids is 1. The standard InChI is InChI=1S/C21H27N3O2/c1-20(2,3)26-19(25)23-13-16-12-17(22-6)18(14-23)24(16)21(4,5)15-10-8-7-9-11-15/h7-12,16,18H,13-14H2,1-5H3. The first-order valence-electron chi connectivity index (χ1n) is 9.04. The number of carbonyl (C=O) groups is 1. The lowest BCUT2D eigenvalue weighted by molar-refractivity contribution is -0.0225. The second-order valence-electron chi connectivity index (χ2n) is 8.50. The van der Waals surface area contributed by atoms with E-state index in [1.165, 1.54) is 5.56 Å². The number of hydrogen-bond acceptors (Lipinski definition) is 3. The molecule has 138 valence electrons. The third kappa shape index (κ3) is 3.34. The lowest BCUT2D eigenvalue weighted by Gasteiger charge is -2.50. The van der Waals surface area contributed by atoms with E-state index in [0.29, 0.717) is 13.1 Å². The van der Waals surface area contributed by atoms with E-state index in [-0.39, 0.29) is 23.7 Å². The Balaban J connectivity index is 1.86. The fraction of sp³-hybridized carbons (Fsp3) is 0.524. The maximum Gasteiger partial charge on any atom is 0.410 e. The highest BCUT2D eigenvalue weighted by Gasteiger charge is 2.49. The Morgan fingerprint density at radius 2 is 1.81 bits per heavy atom. The van der Waals surface area contributed by atoms with E-state index in [2.05, 4.69) is 35.7 Å². The summed E-state index contributed by atoms with van der Waals surface area (Å²) in [5, 5.41) is 0. The molecule has 2 bridgehead atoms. The van der Waals surface area contributed by atoms with Crippen LogP contribution in [-0.2, 0) is 10.3 Å². The third-order valence-corrected chi connectivity index (χ3v) is 5.10. The molecule has 0 N–H and O–H groups in total. The number of amides is 1. The molecule has 5 heteroatoms. The van der Waals surface area contributed by atoms with Crippen molar-refractivity contribution in [2.45, 2.75) is 57.8 Å². The molecule has 1 aromatic carbocycles. The van der Waals surface area contributed by atoms with Crippen molar-refractivity contribution in [3.05, 3.63) is 59.1 Å². The summed E-state index contributed by atoms with van der Waals surface area (Å²) < 4.78 is 5.54.